The summed E-state index contributed by atoms with van der Waals surface area (Å²) in [6.07, 6.45) is 0.340. The van der Waals surface area contributed by atoms with Crippen LogP contribution in [0.5, 0.6) is 0 Å². The molecule has 0 amide bonds. The summed E-state index contributed by atoms with van der Waals surface area (Å²) in [5.41, 5.74) is 0. The van der Waals surface area contributed by atoms with E-state index in [1.54, 1.807) is 0 Å². The Morgan fingerprint density at radius 1 is 0.875 bits per heavy atom. The Balaban J connectivity index is 1.78. The van der Waals surface area contributed by atoms with Crippen LogP contribution < -0.4 is 0 Å². The summed E-state index contributed by atoms with van der Waals surface area (Å²) >= 11 is 0. The first-order valence-corrected chi connectivity index (χ1v) is 7.35. The summed E-state index contributed by atoms with van der Waals surface area (Å²) in [6, 6.07) is 0. The van der Waals surface area contributed by atoms with Crippen LogP contribution in [0.2, 0.25) is 0 Å². The van der Waals surface area contributed by atoms with Crippen molar-refractivity contribution in [1.82, 2.24) is 0 Å². The Labute approximate surface area is 136 Å². The van der Waals surface area contributed by atoms with Gasteiger partial charge < -0.3 is 18.9 Å². The average Bonchev–Trinajstić information content (AvgIpc) is 3.12. The highest BCUT2D eigenvalue weighted by molar-refractivity contribution is 5.70. The lowest BCUT2D eigenvalue weighted by atomic mass is 10.1. The quantitative estimate of drug-likeness (QED) is 0.314. The Bertz CT molecular complexity index is 517. The number of carbonyl (C=O) groups is 2. The van der Waals surface area contributed by atoms with Crippen molar-refractivity contribution in [2.75, 3.05) is 26.3 Å². The number of ether oxygens (including phenoxy) is 4. The second kappa shape index (κ2) is 9.05. The van der Waals surface area contributed by atoms with Crippen LogP contribution >= 0.6 is 0 Å². The van der Waals surface area contributed by atoms with Gasteiger partial charge in [0.25, 0.3) is 0 Å². The summed E-state index contributed by atoms with van der Waals surface area (Å²) in [6.45, 7) is 0.270. The van der Waals surface area contributed by atoms with Crippen LogP contribution in [0, 0.1) is 0 Å². The molecule has 0 aromatic heterocycles. The molecule has 0 spiro atoms. The normalized spacial score (nSPS) is 27.5. The molecule has 2 aliphatic rings. The zero-order valence-corrected chi connectivity index (χ0v) is 12.7. The number of hydrogen-bond donors (Lipinski definition) is 0. The summed E-state index contributed by atoms with van der Waals surface area (Å²) in [5, 5.41) is 0. The number of nitrogens with zero attached hydrogens (tertiary/aromatic N) is 2. The molecule has 2 rings (SSSR count). The molecular formula is C14H16N2O8. The average molecular weight is 340 g/mol. The lowest BCUT2D eigenvalue weighted by Gasteiger charge is -2.17. The van der Waals surface area contributed by atoms with Crippen LogP contribution in [0.1, 0.15) is 12.8 Å². The first kappa shape index (κ1) is 18.0. The maximum Gasteiger partial charge on any atom is 0.308 e. The van der Waals surface area contributed by atoms with E-state index in [2.05, 4.69) is 9.98 Å². The number of isocyanates is 2. The van der Waals surface area contributed by atoms with Crippen molar-refractivity contribution in [3.8, 4) is 0 Å². The van der Waals surface area contributed by atoms with Crippen molar-refractivity contribution >= 4 is 24.1 Å². The molecule has 0 aromatic carbocycles. The lowest BCUT2D eigenvalue weighted by Crippen LogP contribution is -2.36. The summed E-state index contributed by atoms with van der Waals surface area (Å²) < 4.78 is 21.5. The second-order valence-electron chi connectivity index (χ2n) is 5.10. The number of aliphatic imine (C=N–C) groups is 2. The van der Waals surface area contributed by atoms with Crippen molar-refractivity contribution in [3.63, 3.8) is 0 Å². The molecule has 0 saturated carbocycles. The van der Waals surface area contributed by atoms with E-state index in [0.717, 1.165) is 0 Å². The molecule has 0 aliphatic carbocycles. The van der Waals surface area contributed by atoms with Gasteiger partial charge in [-0.05, 0) is 0 Å². The maximum absolute atomic E-state index is 11.6. The number of carbonyl (C=O) groups excluding carboxylic acids is 4. The summed E-state index contributed by atoms with van der Waals surface area (Å²) in [5.74, 6) is -1.06. The predicted octanol–water partition coefficient (Wildman–Crippen LogP) is -0.941. The number of esters is 2. The Kier molecular flexibility index (Phi) is 6.77. The third-order valence-electron chi connectivity index (χ3n) is 3.51. The molecule has 2 heterocycles. The van der Waals surface area contributed by atoms with E-state index in [1.807, 2.05) is 0 Å². The minimum atomic E-state index is -0.605. The molecule has 2 fully saturated rings. The van der Waals surface area contributed by atoms with Crippen molar-refractivity contribution in [3.05, 3.63) is 0 Å². The standard InChI is InChI=1S/C14H16N2O8/c17-7-15-3-1-11(19)23-9-5-21-14-10(6-22-13(9)14)24-12(20)2-4-16-8-18/h9-10,13-14H,1-6H2/t9-,10-,13-,14-/m1/s1. The van der Waals surface area contributed by atoms with E-state index < -0.39 is 36.4 Å². The molecule has 4 atom stereocenters. The monoisotopic (exact) mass is 340 g/mol. The molecule has 0 radical (unpaired) electrons. The van der Waals surface area contributed by atoms with Crippen LogP contribution in [-0.2, 0) is 38.1 Å². The van der Waals surface area contributed by atoms with E-state index in [1.165, 1.54) is 12.2 Å². The smallest absolute Gasteiger partial charge is 0.308 e. The SMILES string of the molecule is O=C=NCCC(=O)O[C@@H]1CO[C@H]2[C@@H]1OC[C@H]2OC(=O)CCN=C=O. The fourth-order valence-corrected chi connectivity index (χ4v) is 2.47. The van der Waals surface area contributed by atoms with Gasteiger partial charge in [0, 0.05) is 0 Å². The molecular weight excluding hydrogens is 324 g/mol. The summed E-state index contributed by atoms with van der Waals surface area (Å²) in [7, 11) is 0. The molecule has 130 valence electrons. The second-order valence-corrected chi connectivity index (χ2v) is 5.10. The maximum atomic E-state index is 11.6. The fraction of sp³-hybridized carbons (Fsp3) is 0.714. The van der Waals surface area contributed by atoms with Crippen molar-refractivity contribution in [2.24, 2.45) is 9.98 Å². The molecule has 2 saturated heterocycles. The molecule has 0 aromatic rings. The van der Waals surface area contributed by atoms with Gasteiger partial charge in [0.2, 0.25) is 12.2 Å². The number of hydrogen-bond acceptors (Lipinski definition) is 10. The lowest BCUT2D eigenvalue weighted by molar-refractivity contribution is -0.155. The number of fused-ring (bicyclic) bond motifs is 1. The number of rotatable bonds is 8. The highest BCUT2D eigenvalue weighted by Gasteiger charge is 2.51. The van der Waals surface area contributed by atoms with E-state index in [9.17, 15) is 19.2 Å². The minimum Gasteiger partial charge on any atom is -0.457 e. The Morgan fingerprint density at radius 3 is 1.67 bits per heavy atom. The van der Waals surface area contributed by atoms with Crippen molar-refractivity contribution in [2.45, 2.75) is 37.3 Å². The minimum absolute atomic E-state index is 0.00830. The molecule has 0 N–H and O–H groups in total. The molecule has 2 aliphatic heterocycles. The zero-order valence-electron chi connectivity index (χ0n) is 12.7. The Hall–Kier alpha value is -2.38. The van der Waals surface area contributed by atoms with Crippen LogP contribution in [0.4, 0.5) is 0 Å². The van der Waals surface area contributed by atoms with Crippen LogP contribution in [0.25, 0.3) is 0 Å². The highest BCUT2D eigenvalue weighted by atomic mass is 16.7. The highest BCUT2D eigenvalue weighted by Crippen LogP contribution is 2.30. The summed E-state index contributed by atoms with van der Waals surface area (Å²) in [4.78, 5) is 49.7. The van der Waals surface area contributed by atoms with Crippen LogP contribution in [0.15, 0.2) is 9.98 Å². The molecule has 10 heteroatoms. The zero-order chi connectivity index (χ0) is 17.4. The van der Waals surface area contributed by atoms with Gasteiger partial charge in [-0.1, -0.05) is 0 Å². The first-order chi connectivity index (χ1) is 11.7. The van der Waals surface area contributed by atoms with Gasteiger partial charge in [0.15, 0.2) is 12.2 Å². The van der Waals surface area contributed by atoms with Gasteiger partial charge in [-0.25, -0.2) is 19.6 Å². The third kappa shape index (κ3) is 4.81. The van der Waals surface area contributed by atoms with E-state index in [-0.39, 0.29) is 39.1 Å². The largest absolute Gasteiger partial charge is 0.457 e. The van der Waals surface area contributed by atoms with Gasteiger partial charge in [-0.3, -0.25) is 9.59 Å². The topological polar surface area (TPSA) is 130 Å². The van der Waals surface area contributed by atoms with E-state index >= 15 is 0 Å². The molecule has 0 bridgehead atoms. The van der Waals surface area contributed by atoms with Gasteiger partial charge >= 0.3 is 11.9 Å². The molecule has 24 heavy (non-hydrogen) atoms. The predicted molar refractivity (Wildman–Crippen MR) is 74.5 cm³/mol. The first-order valence-electron chi connectivity index (χ1n) is 7.35. The van der Waals surface area contributed by atoms with Crippen LogP contribution in [-0.4, -0.2) is 74.8 Å². The van der Waals surface area contributed by atoms with Gasteiger partial charge in [-0.15, -0.1) is 0 Å². The van der Waals surface area contributed by atoms with Crippen molar-refractivity contribution < 1.29 is 38.1 Å². The third-order valence-corrected chi connectivity index (χ3v) is 3.51. The molecule has 0 unspecified atom stereocenters. The van der Waals surface area contributed by atoms with E-state index in [4.69, 9.17) is 18.9 Å². The Morgan fingerprint density at radius 2 is 1.29 bits per heavy atom. The molecule has 10 nitrogen and oxygen atoms in total. The van der Waals surface area contributed by atoms with Gasteiger partial charge in [0.05, 0.1) is 39.1 Å². The van der Waals surface area contributed by atoms with Crippen LogP contribution in [0.3, 0.4) is 0 Å². The van der Waals surface area contributed by atoms with Gasteiger partial charge in [0.1, 0.15) is 12.2 Å². The van der Waals surface area contributed by atoms with Crippen molar-refractivity contribution in [1.29, 1.82) is 0 Å². The van der Waals surface area contributed by atoms with Gasteiger partial charge in [-0.2, -0.15) is 0 Å². The fourth-order valence-electron chi connectivity index (χ4n) is 2.47. The van der Waals surface area contributed by atoms with E-state index in [0.29, 0.717) is 0 Å².